The van der Waals surface area contributed by atoms with Crippen LogP contribution >= 0.6 is 11.3 Å². The van der Waals surface area contributed by atoms with Crippen molar-refractivity contribution >= 4 is 22.9 Å². The molecule has 0 spiro atoms. The molecule has 0 aliphatic carbocycles. The molecule has 0 aliphatic rings. The summed E-state index contributed by atoms with van der Waals surface area (Å²) < 4.78 is 0. The van der Waals surface area contributed by atoms with Gasteiger partial charge in [0.15, 0.2) is 0 Å². The molecule has 0 aliphatic heterocycles. The van der Waals surface area contributed by atoms with Crippen molar-refractivity contribution in [2.45, 2.75) is 20.8 Å². The maximum absolute atomic E-state index is 12.3. The number of aryl methyl sites for hydroxylation is 3. The lowest BCUT2D eigenvalue weighted by atomic mass is 10.1. The van der Waals surface area contributed by atoms with E-state index >= 15 is 0 Å². The van der Waals surface area contributed by atoms with Gasteiger partial charge in [0.25, 0.3) is 5.91 Å². The fourth-order valence-electron chi connectivity index (χ4n) is 1.89. The molecule has 0 bridgehead atoms. The SMILES string of the molecule is Cc1ccc(C)c(NC(=O)c2cc(C)c(C#CCO)s2)c1. The molecular weight excluding hydrogens is 282 g/mol. The first-order valence-electron chi connectivity index (χ1n) is 6.60. The lowest BCUT2D eigenvalue weighted by Gasteiger charge is -2.08. The molecule has 4 heteroatoms. The third-order valence-electron chi connectivity index (χ3n) is 3.06. The van der Waals surface area contributed by atoms with Gasteiger partial charge in [0.05, 0.1) is 9.75 Å². The number of carbonyl (C=O) groups is 1. The van der Waals surface area contributed by atoms with Crippen molar-refractivity contribution in [1.29, 1.82) is 0 Å². The number of benzene rings is 1. The maximum Gasteiger partial charge on any atom is 0.265 e. The summed E-state index contributed by atoms with van der Waals surface area (Å²) in [6.07, 6.45) is 0. The summed E-state index contributed by atoms with van der Waals surface area (Å²) in [5.41, 5.74) is 3.91. The molecule has 0 saturated heterocycles. The molecule has 1 aromatic heterocycles. The Labute approximate surface area is 128 Å². The van der Waals surface area contributed by atoms with Gasteiger partial charge in [-0.15, -0.1) is 11.3 Å². The number of anilines is 1. The Hall–Kier alpha value is -2.09. The van der Waals surface area contributed by atoms with E-state index in [-0.39, 0.29) is 12.5 Å². The topological polar surface area (TPSA) is 49.3 Å². The predicted molar refractivity (Wildman–Crippen MR) is 86.9 cm³/mol. The van der Waals surface area contributed by atoms with E-state index in [1.807, 2.05) is 45.0 Å². The van der Waals surface area contributed by atoms with Crippen LogP contribution in [0.1, 0.15) is 31.2 Å². The summed E-state index contributed by atoms with van der Waals surface area (Å²) in [6, 6.07) is 7.79. The number of nitrogens with one attached hydrogen (secondary N) is 1. The Morgan fingerprint density at radius 2 is 2.00 bits per heavy atom. The normalized spacial score (nSPS) is 9.90. The van der Waals surface area contributed by atoms with E-state index in [1.165, 1.54) is 11.3 Å². The highest BCUT2D eigenvalue weighted by Gasteiger charge is 2.12. The summed E-state index contributed by atoms with van der Waals surface area (Å²) in [5, 5.41) is 11.7. The molecule has 2 aromatic rings. The van der Waals surface area contributed by atoms with Crippen LogP contribution in [-0.4, -0.2) is 17.6 Å². The van der Waals surface area contributed by atoms with Gasteiger partial charge in [-0.25, -0.2) is 0 Å². The van der Waals surface area contributed by atoms with Gasteiger partial charge < -0.3 is 10.4 Å². The average molecular weight is 299 g/mol. The zero-order valence-electron chi connectivity index (χ0n) is 12.3. The van der Waals surface area contributed by atoms with Crippen molar-refractivity contribution in [1.82, 2.24) is 0 Å². The molecule has 108 valence electrons. The summed E-state index contributed by atoms with van der Waals surface area (Å²) in [7, 11) is 0. The Bertz CT molecular complexity index is 735. The predicted octanol–water partition coefficient (Wildman–Crippen LogP) is 3.27. The van der Waals surface area contributed by atoms with Crippen LogP contribution < -0.4 is 5.32 Å². The zero-order chi connectivity index (χ0) is 15.4. The van der Waals surface area contributed by atoms with Gasteiger partial charge in [-0.05, 0) is 49.6 Å². The van der Waals surface area contributed by atoms with E-state index in [9.17, 15) is 4.79 Å². The van der Waals surface area contributed by atoms with Crippen LogP contribution in [-0.2, 0) is 0 Å². The molecule has 21 heavy (non-hydrogen) atoms. The summed E-state index contributed by atoms with van der Waals surface area (Å²) >= 11 is 1.34. The van der Waals surface area contributed by atoms with Crippen LogP contribution in [0, 0.1) is 32.6 Å². The number of carbonyl (C=O) groups excluding carboxylic acids is 1. The second-order valence-corrected chi connectivity index (χ2v) is 5.91. The van der Waals surface area contributed by atoms with E-state index < -0.39 is 0 Å². The molecule has 1 amide bonds. The Kier molecular flexibility index (Phi) is 4.79. The molecular formula is C17H17NO2S. The summed E-state index contributed by atoms with van der Waals surface area (Å²) in [4.78, 5) is 13.8. The van der Waals surface area contributed by atoms with Crippen LogP contribution in [0.5, 0.6) is 0 Å². The quantitative estimate of drug-likeness (QED) is 0.836. The highest BCUT2D eigenvalue weighted by Crippen LogP contribution is 2.23. The van der Waals surface area contributed by atoms with Gasteiger partial charge in [0.1, 0.15) is 6.61 Å². The fourth-order valence-corrected chi connectivity index (χ4v) is 2.83. The minimum Gasteiger partial charge on any atom is -0.384 e. The fraction of sp³-hybridized carbons (Fsp3) is 0.235. The second kappa shape index (κ2) is 6.57. The molecule has 2 N–H and O–H groups in total. The van der Waals surface area contributed by atoms with Crippen molar-refractivity contribution in [3.63, 3.8) is 0 Å². The van der Waals surface area contributed by atoms with Crippen LogP contribution in [0.15, 0.2) is 24.3 Å². The van der Waals surface area contributed by atoms with Crippen molar-refractivity contribution in [2.24, 2.45) is 0 Å². The van der Waals surface area contributed by atoms with Crippen LogP contribution in [0.25, 0.3) is 0 Å². The Morgan fingerprint density at radius 1 is 1.24 bits per heavy atom. The number of aliphatic hydroxyl groups is 1. The molecule has 1 heterocycles. The van der Waals surface area contributed by atoms with E-state index in [0.717, 1.165) is 27.3 Å². The van der Waals surface area contributed by atoms with Gasteiger partial charge in [0.2, 0.25) is 0 Å². The number of thiophene rings is 1. The number of rotatable bonds is 2. The van der Waals surface area contributed by atoms with Crippen molar-refractivity contribution < 1.29 is 9.90 Å². The smallest absolute Gasteiger partial charge is 0.265 e. The second-order valence-electron chi connectivity index (χ2n) is 4.86. The summed E-state index contributed by atoms with van der Waals surface area (Å²) in [5.74, 6) is 5.34. The first-order chi connectivity index (χ1) is 10.0. The number of aliphatic hydroxyl groups excluding tert-OH is 1. The first-order valence-corrected chi connectivity index (χ1v) is 7.41. The van der Waals surface area contributed by atoms with Gasteiger partial charge in [-0.3, -0.25) is 4.79 Å². The molecule has 2 rings (SSSR count). The highest BCUT2D eigenvalue weighted by atomic mass is 32.1. The number of amides is 1. The maximum atomic E-state index is 12.3. The van der Waals surface area contributed by atoms with Crippen molar-refractivity contribution in [3.05, 3.63) is 50.7 Å². The molecule has 3 nitrogen and oxygen atoms in total. The van der Waals surface area contributed by atoms with Gasteiger partial charge in [-0.2, -0.15) is 0 Å². The minimum absolute atomic E-state index is 0.131. The van der Waals surface area contributed by atoms with E-state index in [0.29, 0.717) is 4.88 Å². The standard InChI is InChI=1S/C17H17NO2S/c1-11-6-7-12(2)14(9-11)18-17(20)16-10-13(3)15(21-16)5-4-8-19/h6-7,9-10,19H,8H2,1-3H3,(H,18,20). The third kappa shape index (κ3) is 3.72. The van der Waals surface area contributed by atoms with E-state index in [1.54, 1.807) is 0 Å². The lowest BCUT2D eigenvalue weighted by molar-refractivity contribution is 0.103. The first kappa shape index (κ1) is 15.3. The monoisotopic (exact) mass is 299 g/mol. The minimum atomic E-state index is -0.179. The molecule has 1 aromatic carbocycles. The van der Waals surface area contributed by atoms with Crippen LogP contribution in [0.2, 0.25) is 0 Å². The van der Waals surface area contributed by atoms with E-state index in [2.05, 4.69) is 17.2 Å². The number of hydrogen-bond donors (Lipinski definition) is 2. The highest BCUT2D eigenvalue weighted by molar-refractivity contribution is 7.14. The summed E-state index contributed by atoms with van der Waals surface area (Å²) in [6.45, 7) is 5.69. The van der Waals surface area contributed by atoms with Crippen LogP contribution in [0.4, 0.5) is 5.69 Å². The van der Waals surface area contributed by atoms with Gasteiger partial charge >= 0.3 is 0 Å². The number of hydrogen-bond acceptors (Lipinski definition) is 3. The lowest BCUT2D eigenvalue weighted by Crippen LogP contribution is -2.11. The van der Waals surface area contributed by atoms with Crippen molar-refractivity contribution in [2.75, 3.05) is 11.9 Å². The molecule has 0 fully saturated rings. The Balaban J connectivity index is 2.23. The van der Waals surface area contributed by atoms with Gasteiger partial charge in [-0.1, -0.05) is 24.0 Å². The van der Waals surface area contributed by atoms with Crippen molar-refractivity contribution in [3.8, 4) is 11.8 Å². The molecule has 0 radical (unpaired) electrons. The average Bonchev–Trinajstić information content (AvgIpc) is 2.82. The molecule has 0 unspecified atom stereocenters. The molecule has 0 atom stereocenters. The van der Waals surface area contributed by atoms with E-state index in [4.69, 9.17) is 5.11 Å². The van der Waals surface area contributed by atoms with Crippen LogP contribution in [0.3, 0.4) is 0 Å². The Morgan fingerprint density at radius 3 is 2.71 bits per heavy atom. The largest absolute Gasteiger partial charge is 0.384 e. The van der Waals surface area contributed by atoms with Gasteiger partial charge in [0, 0.05) is 5.69 Å². The zero-order valence-corrected chi connectivity index (χ0v) is 13.1. The third-order valence-corrected chi connectivity index (χ3v) is 4.22. The molecule has 0 saturated carbocycles.